The molecule has 5 nitrogen and oxygen atoms in total. The summed E-state index contributed by atoms with van der Waals surface area (Å²) in [4.78, 5) is 16.5. The number of nitrogens with zero attached hydrogens (tertiary/aromatic N) is 3. The molecule has 1 aromatic carbocycles. The topological polar surface area (TPSA) is 73.8 Å². The maximum absolute atomic E-state index is 12.4. The Hall–Kier alpha value is -2.01. The van der Waals surface area contributed by atoms with Crippen molar-refractivity contribution in [3.8, 4) is 0 Å². The second kappa shape index (κ2) is 5.32. The summed E-state index contributed by atoms with van der Waals surface area (Å²) in [5.41, 5.74) is 5.98. The van der Waals surface area contributed by atoms with Crippen LogP contribution in [0.15, 0.2) is 36.7 Å². The van der Waals surface area contributed by atoms with Crippen LogP contribution in [0.3, 0.4) is 0 Å². The number of carbonyl (C=O) groups is 1. The molecule has 5 heteroatoms. The molecule has 1 unspecified atom stereocenters. The highest BCUT2D eigenvalue weighted by atomic mass is 16.1. The molecule has 19 heavy (non-hydrogen) atoms. The maximum atomic E-state index is 12.4. The predicted octanol–water partition coefficient (Wildman–Crippen LogP) is 1.28. The SMILES string of the molecule is CCn1ncnc1CC(=O)C(C)(N)c1ccccc1. The quantitative estimate of drug-likeness (QED) is 0.876. The molecule has 1 aromatic heterocycles. The summed E-state index contributed by atoms with van der Waals surface area (Å²) in [6.45, 7) is 4.38. The van der Waals surface area contributed by atoms with E-state index in [0.717, 1.165) is 5.56 Å². The third-order valence-electron chi connectivity index (χ3n) is 3.27. The Morgan fingerprint density at radius 2 is 2.05 bits per heavy atom. The van der Waals surface area contributed by atoms with Gasteiger partial charge >= 0.3 is 0 Å². The molecule has 0 aliphatic rings. The number of ketones is 1. The standard InChI is InChI=1S/C14H18N4O/c1-3-18-13(16-10-17-18)9-12(19)14(2,15)11-7-5-4-6-8-11/h4-8,10H,3,9,15H2,1-2H3. The Balaban J connectivity index is 2.20. The van der Waals surface area contributed by atoms with Crippen LogP contribution in [0.2, 0.25) is 0 Å². The van der Waals surface area contributed by atoms with Gasteiger partial charge in [-0.15, -0.1) is 0 Å². The van der Waals surface area contributed by atoms with E-state index in [9.17, 15) is 4.79 Å². The van der Waals surface area contributed by atoms with Crippen molar-refractivity contribution in [2.45, 2.75) is 32.4 Å². The monoisotopic (exact) mass is 258 g/mol. The van der Waals surface area contributed by atoms with Crippen LogP contribution in [0, 0.1) is 0 Å². The number of hydrogen-bond donors (Lipinski definition) is 1. The van der Waals surface area contributed by atoms with Gasteiger partial charge in [0.25, 0.3) is 0 Å². The number of Topliss-reactive ketones (excluding diaryl/α,β-unsaturated/α-hetero) is 1. The maximum Gasteiger partial charge on any atom is 0.164 e. The van der Waals surface area contributed by atoms with Crippen molar-refractivity contribution in [3.63, 3.8) is 0 Å². The Labute approximate surface area is 112 Å². The van der Waals surface area contributed by atoms with Gasteiger partial charge in [-0.05, 0) is 19.4 Å². The minimum absolute atomic E-state index is 0.0681. The van der Waals surface area contributed by atoms with Crippen molar-refractivity contribution >= 4 is 5.78 Å². The van der Waals surface area contributed by atoms with E-state index in [0.29, 0.717) is 12.4 Å². The second-order valence-corrected chi connectivity index (χ2v) is 4.66. The number of benzene rings is 1. The first-order valence-corrected chi connectivity index (χ1v) is 6.30. The van der Waals surface area contributed by atoms with Crippen molar-refractivity contribution in [2.24, 2.45) is 5.73 Å². The zero-order chi connectivity index (χ0) is 13.9. The molecule has 100 valence electrons. The van der Waals surface area contributed by atoms with Crippen molar-refractivity contribution in [3.05, 3.63) is 48.0 Å². The van der Waals surface area contributed by atoms with Crippen LogP contribution in [0.5, 0.6) is 0 Å². The molecule has 0 spiro atoms. The molecule has 1 heterocycles. The summed E-state index contributed by atoms with van der Waals surface area (Å²) < 4.78 is 1.71. The fourth-order valence-corrected chi connectivity index (χ4v) is 1.96. The summed E-state index contributed by atoms with van der Waals surface area (Å²) in [5, 5.41) is 4.06. The fraction of sp³-hybridized carbons (Fsp3) is 0.357. The highest BCUT2D eigenvalue weighted by molar-refractivity contribution is 5.90. The average molecular weight is 258 g/mol. The molecule has 2 N–H and O–H groups in total. The van der Waals surface area contributed by atoms with Gasteiger partial charge in [0.15, 0.2) is 5.78 Å². The molecule has 0 radical (unpaired) electrons. The number of nitrogens with two attached hydrogens (primary N) is 1. The first kappa shape index (κ1) is 13.4. The molecule has 2 rings (SSSR count). The van der Waals surface area contributed by atoms with Crippen LogP contribution < -0.4 is 5.73 Å². The number of rotatable bonds is 5. The van der Waals surface area contributed by atoms with E-state index in [1.807, 2.05) is 37.3 Å². The molecule has 0 amide bonds. The first-order chi connectivity index (χ1) is 9.05. The van der Waals surface area contributed by atoms with Gasteiger partial charge in [-0.1, -0.05) is 30.3 Å². The van der Waals surface area contributed by atoms with Crippen LogP contribution in [0.4, 0.5) is 0 Å². The molecule has 0 aliphatic heterocycles. The zero-order valence-corrected chi connectivity index (χ0v) is 11.2. The molecule has 0 saturated carbocycles. The molecule has 0 saturated heterocycles. The van der Waals surface area contributed by atoms with Gasteiger partial charge in [-0.25, -0.2) is 9.67 Å². The third kappa shape index (κ3) is 2.71. The molecule has 0 aliphatic carbocycles. The van der Waals surface area contributed by atoms with E-state index in [1.165, 1.54) is 6.33 Å². The van der Waals surface area contributed by atoms with Crippen molar-refractivity contribution in [2.75, 3.05) is 0 Å². The lowest BCUT2D eigenvalue weighted by Crippen LogP contribution is -2.43. The van der Waals surface area contributed by atoms with E-state index in [-0.39, 0.29) is 12.2 Å². The average Bonchev–Trinajstić information content (AvgIpc) is 2.87. The molecular weight excluding hydrogens is 240 g/mol. The highest BCUT2D eigenvalue weighted by Gasteiger charge is 2.30. The Morgan fingerprint density at radius 3 is 2.68 bits per heavy atom. The molecule has 0 bridgehead atoms. The van der Waals surface area contributed by atoms with E-state index in [4.69, 9.17) is 5.73 Å². The van der Waals surface area contributed by atoms with Crippen LogP contribution in [0.1, 0.15) is 25.2 Å². The number of aryl methyl sites for hydroxylation is 1. The third-order valence-corrected chi connectivity index (χ3v) is 3.27. The van der Waals surface area contributed by atoms with Gasteiger partial charge in [-0.2, -0.15) is 5.10 Å². The van der Waals surface area contributed by atoms with Crippen LogP contribution in [-0.2, 0) is 23.3 Å². The van der Waals surface area contributed by atoms with Gasteiger partial charge in [-0.3, -0.25) is 4.79 Å². The predicted molar refractivity (Wildman–Crippen MR) is 72.4 cm³/mol. The summed E-state index contributed by atoms with van der Waals surface area (Å²) in [7, 11) is 0. The fourth-order valence-electron chi connectivity index (χ4n) is 1.96. The van der Waals surface area contributed by atoms with E-state index >= 15 is 0 Å². The summed E-state index contributed by atoms with van der Waals surface area (Å²) in [6, 6.07) is 9.38. The Kier molecular flexibility index (Phi) is 3.76. The number of hydrogen-bond acceptors (Lipinski definition) is 4. The normalized spacial score (nSPS) is 14.1. The van der Waals surface area contributed by atoms with Crippen LogP contribution in [0.25, 0.3) is 0 Å². The smallest absolute Gasteiger partial charge is 0.164 e. The largest absolute Gasteiger partial charge is 0.315 e. The van der Waals surface area contributed by atoms with Gasteiger partial charge in [0.05, 0.1) is 12.0 Å². The zero-order valence-electron chi connectivity index (χ0n) is 11.2. The summed E-state index contributed by atoms with van der Waals surface area (Å²) in [5.74, 6) is 0.585. The Bertz CT molecular complexity index is 560. The van der Waals surface area contributed by atoms with Crippen molar-refractivity contribution < 1.29 is 4.79 Å². The Morgan fingerprint density at radius 1 is 1.37 bits per heavy atom. The van der Waals surface area contributed by atoms with Gasteiger partial charge in [0.2, 0.25) is 0 Å². The lowest BCUT2D eigenvalue weighted by atomic mass is 9.87. The number of carbonyl (C=O) groups excluding carboxylic acids is 1. The lowest BCUT2D eigenvalue weighted by Gasteiger charge is -2.23. The van der Waals surface area contributed by atoms with Crippen molar-refractivity contribution in [1.29, 1.82) is 0 Å². The first-order valence-electron chi connectivity index (χ1n) is 6.30. The van der Waals surface area contributed by atoms with E-state index < -0.39 is 5.54 Å². The van der Waals surface area contributed by atoms with Gasteiger partial charge in [0.1, 0.15) is 12.2 Å². The van der Waals surface area contributed by atoms with Crippen LogP contribution in [-0.4, -0.2) is 20.5 Å². The second-order valence-electron chi connectivity index (χ2n) is 4.66. The van der Waals surface area contributed by atoms with E-state index in [1.54, 1.807) is 11.6 Å². The van der Waals surface area contributed by atoms with E-state index in [2.05, 4.69) is 10.1 Å². The molecule has 1 atom stereocenters. The molecule has 0 fully saturated rings. The lowest BCUT2D eigenvalue weighted by molar-refractivity contribution is -0.123. The number of aromatic nitrogens is 3. The summed E-state index contributed by atoms with van der Waals surface area (Å²) >= 11 is 0. The van der Waals surface area contributed by atoms with Crippen LogP contribution >= 0.6 is 0 Å². The molecular formula is C14H18N4O. The van der Waals surface area contributed by atoms with Gasteiger partial charge < -0.3 is 5.73 Å². The minimum atomic E-state index is -1.01. The van der Waals surface area contributed by atoms with Crippen molar-refractivity contribution in [1.82, 2.24) is 14.8 Å². The van der Waals surface area contributed by atoms with Gasteiger partial charge in [0, 0.05) is 6.54 Å². The highest BCUT2D eigenvalue weighted by Crippen LogP contribution is 2.20. The summed E-state index contributed by atoms with van der Waals surface area (Å²) in [6.07, 6.45) is 1.65. The molecule has 2 aromatic rings. The minimum Gasteiger partial charge on any atom is -0.315 e.